The Labute approximate surface area is 123 Å². The normalized spacial score (nSPS) is 11.0. The Hall–Kier alpha value is -1.92. The summed E-state index contributed by atoms with van der Waals surface area (Å²) in [6.07, 6.45) is 0. The van der Waals surface area contributed by atoms with Crippen LogP contribution in [0.4, 0.5) is 5.69 Å². The molecule has 0 aliphatic carbocycles. The minimum atomic E-state index is -3.46. The van der Waals surface area contributed by atoms with Gasteiger partial charge >= 0.3 is 0 Å². The lowest BCUT2D eigenvalue weighted by molar-refractivity contribution is 0.600. The van der Waals surface area contributed by atoms with Gasteiger partial charge in [-0.15, -0.1) is 0 Å². The van der Waals surface area contributed by atoms with Gasteiger partial charge in [0.05, 0.1) is 5.75 Å². The van der Waals surface area contributed by atoms with E-state index in [1.54, 1.807) is 48.5 Å². The van der Waals surface area contributed by atoms with Gasteiger partial charge in [0.15, 0.2) is 0 Å². The maximum absolute atomic E-state index is 12.1. The minimum absolute atomic E-state index is 0.0782. The van der Waals surface area contributed by atoms with Gasteiger partial charge in [-0.1, -0.05) is 54.7 Å². The standard InChI is InChI=1S/C14H14N2O2S2/c15-14(19)12-7-4-8-13(9-12)16-20(17,18)10-11-5-2-1-3-6-11/h1-9,16H,10H2,(H2,15,19). The third-order valence-electron chi connectivity index (χ3n) is 2.62. The van der Waals surface area contributed by atoms with Crippen LogP contribution in [0.1, 0.15) is 11.1 Å². The third-order valence-corrected chi connectivity index (χ3v) is 4.12. The van der Waals surface area contributed by atoms with Crippen LogP contribution in [-0.2, 0) is 15.8 Å². The Morgan fingerprint density at radius 3 is 2.45 bits per heavy atom. The summed E-state index contributed by atoms with van der Waals surface area (Å²) in [4.78, 5) is 0.231. The molecule has 0 radical (unpaired) electrons. The van der Waals surface area contributed by atoms with Gasteiger partial charge in [-0.3, -0.25) is 4.72 Å². The molecule has 3 N–H and O–H groups in total. The average Bonchev–Trinajstić information content (AvgIpc) is 2.39. The molecule has 104 valence electrons. The molecule has 0 unspecified atom stereocenters. The highest BCUT2D eigenvalue weighted by molar-refractivity contribution is 7.91. The largest absolute Gasteiger partial charge is 0.389 e. The number of anilines is 1. The Balaban J connectivity index is 2.16. The van der Waals surface area contributed by atoms with E-state index in [1.807, 2.05) is 6.07 Å². The van der Waals surface area contributed by atoms with Crippen LogP contribution < -0.4 is 10.5 Å². The Kier molecular flexibility index (Phi) is 4.36. The van der Waals surface area contributed by atoms with Gasteiger partial charge in [-0.25, -0.2) is 8.42 Å². The lowest BCUT2D eigenvalue weighted by Crippen LogP contribution is -2.16. The second kappa shape index (κ2) is 6.02. The quantitative estimate of drug-likeness (QED) is 0.831. The summed E-state index contributed by atoms with van der Waals surface area (Å²) in [6, 6.07) is 15.7. The van der Waals surface area contributed by atoms with E-state index in [0.717, 1.165) is 5.56 Å². The molecule has 0 spiro atoms. The van der Waals surface area contributed by atoms with Crippen molar-refractivity contribution in [3.63, 3.8) is 0 Å². The van der Waals surface area contributed by atoms with Gasteiger partial charge in [-0.2, -0.15) is 0 Å². The lowest BCUT2D eigenvalue weighted by Gasteiger charge is -2.09. The summed E-state index contributed by atoms with van der Waals surface area (Å²) >= 11 is 4.87. The minimum Gasteiger partial charge on any atom is -0.389 e. The van der Waals surface area contributed by atoms with Crippen molar-refractivity contribution in [3.8, 4) is 0 Å². The Bertz CT molecular complexity index is 713. The summed E-state index contributed by atoms with van der Waals surface area (Å²) < 4.78 is 26.7. The van der Waals surface area contributed by atoms with E-state index in [1.165, 1.54) is 0 Å². The van der Waals surface area contributed by atoms with Crippen LogP contribution in [-0.4, -0.2) is 13.4 Å². The molecule has 0 atom stereocenters. The van der Waals surface area contributed by atoms with Gasteiger partial charge in [0.2, 0.25) is 10.0 Å². The zero-order valence-corrected chi connectivity index (χ0v) is 12.2. The fourth-order valence-corrected chi connectivity index (χ4v) is 3.06. The lowest BCUT2D eigenvalue weighted by atomic mass is 10.2. The molecule has 0 saturated heterocycles. The number of benzene rings is 2. The van der Waals surface area contributed by atoms with Crippen molar-refractivity contribution in [1.29, 1.82) is 0 Å². The van der Waals surface area contributed by atoms with Crippen molar-refractivity contribution in [3.05, 3.63) is 65.7 Å². The zero-order valence-electron chi connectivity index (χ0n) is 10.6. The fourth-order valence-electron chi connectivity index (χ4n) is 1.75. The van der Waals surface area contributed by atoms with Crippen LogP contribution >= 0.6 is 12.2 Å². The number of sulfonamides is 1. The van der Waals surface area contributed by atoms with Crippen molar-refractivity contribution in [1.82, 2.24) is 0 Å². The van der Waals surface area contributed by atoms with Crippen LogP contribution in [0.5, 0.6) is 0 Å². The molecule has 6 heteroatoms. The molecule has 2 aromatic rings. The Morgan fingerprint density at radius 1 is 1.10 bits per heavy atom. The maximum atomic E-state index is 12.1. The molecule has 0 fully saturated rings. The van der Waals surface area contributed by atoms with Gasteiger partial charge in [0.1, 0.15) is 4.99 Å². The molecule has 0 aromatic heterocycles. The molecule has 0 amide bonds. The molecule has 20 heavy (non-hydrogen) atoms. The van der Waals surface area contributed by atoms with E-state index in [2.05, 4.69) is 4.72 Å². The van der Waals surface area contributed by atoms with Gasteiger partial charge in [0.25, 0.3) is 0 Å². The molecule has 0 bridgehead atoms. The molecular weight excluding hydrogens is 292 g/mol. The maximum Gasteiger partial charge on any atom is 0.236 e. The van der Waals surface area contributed by atoms with Crippen LogP contribution in [0.25, 0.3) is 0 Å². The molecule has 2 rings (SSSR count). The highest BCUT2D eigenvalue weighted by Crippen LogP contribution is 2.14. The van der Waals surface area contributed by atoms with E-state index >= 15 is 0 Å². The topological polar surface area (TPSA) is 72.2 Å². The fraction of sp³-hybridized carbons (Fsp3) is 0.0714. The number of rotatable bonds is 5. The summed E-state index contributed by atoms with van der Waals surface area (Å²) in [5.74, 6) is -0.0782. The SMILES string of the molecule is NC(=S)c1cccc(NS(=O)(=O)Cc2ccccc2)c1. The second-order valence-electron chi connectivity index (χ2n) is 4.29. The number of hydrogen-bond donors (Lipinski definition) is 2. The molecule has 0 aliphatic rings. The third kappa shape index (κ3) is 4.04. The first kappa shape index (κ1) is 14.5. The molecular formula is C14H14N2O2S2. The summed E-state index contributed by atoms with van der Waals surface area (Å²) in [7, 11) is -3.46. The van der Waals surface area contributed by atoms with E-state index in [4.69, 9.17) is 18.0 Å². The smallest absolute Gasteiger partial charge is 0.236 e. The number of nitrogens with one attached hydrogen (secondary N) is 1. The summed E-state index contributed by atoms with van der Waals surface area (Å²) in [5, 5.41) is 0. The van der Waals surface area contributed by atoms with Crippen LogP contribution in [0.3, 0.4) is 0 Å². The summed E-state index contributed by atoms with van der Waals surface area (Å²) in [5.41, 5.74) is 7.33. The average molecular weight is 306 g/mol. The zero-order chi connectivity index (χ0) is 14.6. The first-order valence-corrected chi connectivity index (χ1v) is 7.97. The van der Waals surface area contributed by atoms with E-state index in [-0.39, 0.29) is 10.7 Å². The molecule has 0 saturated carbocycles. The number of nitrogens with two attached hydrogens (primary N) is 1. The molecule has 0 heterocycles. The monoisotopic (exact) mass is 306 g/mol. The van der Waals surface area contributed by atoms with Crippen molar-refractivity contribution >= 4 is 32.9 Å². The summed E-state index contributed by atoms with van der Waals surface area (Å²) in [6.45, 7) is 0. The molecule has 4 nitrogen and oxygen atoms in total. The first-order valence-electron chi connectivity index (χ1n) is 5.90. The second-order valence-corrected chi connectivity index (χ2v) is 6.45. The van der Waals surface area contributed by atoms with Crippen LogP contribution in [0.2, 0.25) is 0 Å². The predicted octanol–water partition coefficient (Wildman–Crippen LogP) is 2.26. The molecule has 2 aromatic carbocycles. The van der Waals surface area contributed by atoms with E-state index < -0.39 is 10.0 Å². The Morgan fingerprint density at radius 2 is 1.80 bits per heavy atom. The number of hydrogen-bond acceptors (Lipinski definition) is 3. The predicted molar refractivity (Wildman–Crippen MR) is 85.0 cm³/mol. The van der Waals surface area contributed by atoms with E-state index in [0.29, 0.717) is 11.3 Å². The number of thiocarbonyl (C=S) groups is 1. The van der Waals surface area contributed by atoms with Crippen molar-refractivity contribution in [2.24, 2.45) is 5.73 Å². The highest BCUT2D eigenvalue weighted by Gasteiger charge is 2.12. The van der Waals surface area contributed by atoms with E-state index in [9.17, 15) is 8.42 Å². The van der Waals surface area contributed by atoms with Gasteiger partial charge < -0.3 is 5.73 Å². The van der Waals surface area contributed by atoms with Crippen molar-refractivity contribution < 1.29 is 8.42 Å². The van der Waals surface area contributed by atoms with Crippen LogP contribution in [0.15, 0.2) is 54.6 Å². The first-order chi connectivity index (χ1) is 9.46. The van der Waals surface area contributed by atoms with Gasteiger partial charge in [0, 0.05) is 11.3 Å². The van der Waals surface area contributed by atoms with Crippen molar-refractivity contribution in [2.45, 2.75) is 5.75 Å². The van der Waals surface area contributed by atoms with Gasteiger partial charge in [-0.05, 0) is 17.7 Å². The highest BCUT2D eigenvalue weighted by atomic mass is 32.2. The van der Waals surface area contributed by atoms with Crippen molar-refractivity contribution in [2.75, 3.05) is 4.72 Å². The molecule has 0 aliphatic heterocycles. The van der Waals surface area contributed by atoms with Crippen LogP contribution in [0, 0.1) is 0 Å².